The van der Waals surface area contributed by atoms with Crippen molar-refractivity contribution in [1.29, 1.82) is 0 Å². The summed E-state index contributed by atoms with van der Waals surface area (Å²) in [7, 11) is 0. The van der Waals surface area contributed by atoms with Gasteiger partial charge in [-0.05, 0) is 60.8 Å². The highest BCUT2D eigenvalue weighted by Crippen LogP contribution is 2.42. The van der Waals surface area contributed by atoms with Crippen molar-refractivity contribution in [2.45, 2.75) is 31.7 Å². The largest absolute Gasteiger partial charge is 0.381 e. The molecule has 108 valence electrons. The number of rotatable bonds is 2. The number of para-hydroxylation sites is 1. The summed E-state index contributed by atoms with van der Waals surface area (Å²) in [5.74, 6) is 1.46. The SMILES string of the molecule is Clc1ccccc1NC1C2CCC1Cc1ccccc1C2. The van der Waals surface area contributed by atoms with Crippen LogP contribution in [0, 0.1) is 11.8 Å². The molecule has 0 spiro atoms. The molecule has 2 aromatic rings. The molecule has 2 aliphatic carbocycles. The van der Waals surface area contributed by atoms with E-state index in [1.54, 1.807) is 11.1 Å². The van der Waals surface area contributed by atoms with E-state index in [1.165, 1.54) is 25.7 Å². The van der Waals surface area contributed by atoms with Crippen LogP contribution >= 0.6 is 11.6 Å². The number of anilines is 1. The van der Waals surface area contributed by atoms with Gasteiger partial charge in [0.15, 0.2) is 0 Å². The Balaban J connectivity index is 1.62. The molecular formula is C19H20ClN. The number of halogens is 1. The molecule has 0 radical (unpaired) electrons. The molecule has 1 nitrogen and oxygen atoms in total. The lowest BCUT2D eigenvalue weighted by Crippen LogP contribution is -2.31. The van der Waals surface area contributed by atoms with Crippen LogP contribution in [0.25, 0.3) is 0 Å². The minimum atomic E-state index is 0.553. The molecule has 0 aromatic heterocycles. The molecule has 2 atom stereocenters. The topological polar surface area (TPSA) is 12.0 Å². The highest BCUT2D eigenvalue weighted by molar-refractivity contribution is 6.33. The van der Waals surface area contributed by atoms with Crippen molar-refractivity contribution in [2.24, 2.45) is 11.8 Å². The fraction of sp³-hybridized carbons (Fsp3) is 0.368. The highest BCUT2D eigenvalue weighted by Gasteiger charge is 2.38. The van der Waals surface area contributed by atoms with Crippen molar-refractivity contribution in [3.8, 4) is 0 Å². The fourth-order valence-corrected chi connectivity index (χ4v) is 4.33. The van der Waals surface area contributed by atoms with Gasteiger partial charge in [-0.1, -0.05) is 48.0 Å². The molecule has 2 bridgehead atoms. The third kappa shape index (κ3) is 2.44. The number of hydrogen-bond acceptors (Lipinski definition) is 1. The van der Waals surface area contributed by atoms with Gasteiger partial charge in [0.2, 0.25) is 0 Å². The minimum Gasteiger partial charge on any atom is -0.381 e. The lowest BCUT2D eigenvalue weighted by molar-refractivity contribution is 0.450. The predicted molar refractivity (Wildman–Crippen MR) is 88.9 cm³/mol. The number of benzene rings is 2. The molecule has 0 aliphatic heterocycles. The van der Waals surface area contributed by atoms with Gasteiger partial charge in [0, 0.05) is 6.04 Å². The van der Waals surface area contributed by atoms with E-state index in [2.05, 4.69) is 41.7 Å². The van der Waals surface area contributed by atoms with E-state index < -0.39 is 0 Å². The van der Waals surface area contributed by atoms with Gasteiger partial charge in [-0.2, -0.15) is 0 Å². The molecule has 0 saturated heterocycles. The van der Waals surface area contributed by atoms with Crippen molar-refractivity contribution < 1.29 is 0 Å². The van der Waals surface area contributed by atoms with Crippen molar-refractivity contribution in [3.63, 3.8) is 0 Å². The highest BCUT2D eigenvalue weighted by atomic mass is 35.5. The summed E-state index contributed by atoms with van der Waals surface area (Å²) in [6.45, 7) is 0. The number of hydrogen-bond donors (Lipinski definition) is 1. The normalized spacial score (nSPS) is 27.0. The van der Waals surface area contributed by atoms with Crippen LogP contribution < -0.4 is 5.32 Å². The first kappa shape index (κ1) is 13.2. The van der Waals surface area contributed by atoms with Gasteiger partial charge in [0.25, 0.3) is 0 Å². The van der Waals surface area contributed by atoms with Crippen molar-refractivity contribution in [1.82, 2.24) is 0 Å². The third-order valence-corrected chi connectivity index (χ3v) is 5.53. The van der Waals surface area contributed by atoms with Crippen LogP contribution in [0.3, 0.4) is 0 Å². The van der Waals surface area contributed by atoms with Crippen LogP contribution in [0.5, 0.6) is 0 Å². The van der Waals surface area contributed by atoms with E-state index in [0.29, 0.717) is 6.04 Å². The van der Waals surface area contributed by atoms with Crippen molar-refractivity contribution in [3.05, 3.63) is 64.7 Å². The fourth-order valence-electron chi connectivity index (χ4n) is 4.14. The standard InChI is InChI=1S/C19H20ClN/c20-17-7-3-4-8-18(17)21-19-15-9-10-16(19)12-14-6-2-1-5-13(14)11-15/h1-8,15-16,19,21H,9-12H2. The average molecular weight is 298 g/mol. The molecule has 0 amide bonds. The Morgan fingerprint density at radius 3 is 2.00 bits per heavy atom. The lowest BCUT2D eigenvalue weighted by atomic mass is 9.94. The molecule has 4 rings (SSSR count). The molecule has 0 heterocycles. The summed E-state index contributed by atoms with van der Waals surface area (Å²) in [6, 6.07) is 17.6. The quantitative estimate of drug-likeness (QED) is 0.827. The smallest absolute Gasteiger partial charge is 0.0637 e. The van der Waals surface area contributed by atoms with Crippen LogP contribution in [0.1, 0.15) is 24.0 Å². The van der Waals surface area contributed by atoms with Crippen LogP contribution in [0.4, 0.5) is 5.69 Å². The van der Waals surface area contributed by atoms with Gasteiger partial charge in [-0.15, -0.1) is 0 Å². The van der Waals surface area contributed by atoms with Crippen LogP contribution in [0.2, 0.25) is 5.02 Å². The first-order chi connectivity index (χ1) is 10.3. The maximum atomic E-state index is 6.33. The molecule has 1 N–H and O–H groups in total. The summed E-state index contributed by atoms with van der Waals surface area (Å²) in [5, 5.41) is 4.59. The second-order valence-corrected chi connectivity index (χ2v) is 6.83. The van der Waals surface area contributed by atoms with Crippen LogP contribution in [0.15, 0.2) is 48.5 Å². The zero-order chi connectivity index (χ0) is 14.2. The first-order valence-electron chi connectivity index (χ1n) is 7.89. The molecule has 2 aliphatic rings. The molecule has 2 unspecified atom stereocenters. The molecule has 21 heavy (non-hydrogen) atoms. The zero-order valence-electron chi connectivity index (χ0n) is 12.1. The summed E-state index contributed by atoms with van der Waals surface area (Å²) in [6.07, 6.45) is 5.08. The molecule has 1 fully saturated rings. The van der Waals surface area contributed by atoms with Gasteiger partial charge < -0.3 is 5.32 Å². The van der Waals surface area contributed by atoms with Crippen molar-refractivity contribution in [2.75, 3.05) is 5.32 Å². The lowest BCUT2D eigenvalue weighted by Gasteiger charge is -2.25. The van der Waals surface area contributed by atoms with Gasteiger partial charge in [-0.25, -0.2) is 0 Å². The van der Waals surface area contributed by atoms with E-state index in [4.69, 9.17) is 11.6 Å². The summed E-state index contributed by atoms with van der Waals surface area (Å²) >= 11 is 6.33. The van der Waals surface area contributed by atoms with E-state index >= 15 is 0 Å². The Kier molecular flexibility index (Phi) is 3.39. The van der Waals surface area contributed by atoms with Gasteiger partial charge in [0.05, 0.1) is 10.7 Å². The van der Waals surface area contributed by atoms with Crippen LogP contribution in [-0.2, 0) is 12.8 Å². The Labute approximate surface area is 131 Å². The van der Waals surface area contributed by atoms with E-state index in [0.717, 1.165) is 22.5 Å². The van der Waals surface area contributed by atoms with Gasteiger partial charge in [-0.3, -0.25) is 0 Å². The molecule has 2 heteroatoms. The third-order valence-electron chi connectivity index (χ3n) is 5.20. The zero-order valence-corrected chi connectivity index (χ0v) is 12.8. The Morgan fingerprint density at radius 2 is 1.38 bits per heavy atom. The molecular weight excluding hydrogens is 278 g/mol. The van der Waals surface area contributed by atoms with E-state index in [-0.39, 0.29) is 0 Å². The van der Waals surface area contributed by atoms with E-state index in [1.807, 2.05) is 12.1 Å². The number of fused-ring (bicyclic) bond motifs is 3. The Bertz CT molecular complexity index is 619. The summed E-state index contributed by atoms with van der Waals surface area (Å²) < 4.78 is 0. The second kappa shape index (κ2) is 5.38. The second-order valence-electron chi connectivity index (χ2n) is 6.42. The maximum absolute atomic E-state index is 6.33. The predicted octanol–water partition coefficient (Wildman–Crippen LogP) is 4.95. The van der Waals surface area contributed by atoms with Crippen molar-refractivity contribution >= 4 is 17.3 Å². The average Bonchev–Trinajstić information content (AvgIpc) is 2.76. The molecule has 1 saturated carbocycles. The summed E-state index contributed by atoms with van der Waals surface area (Å²) in [5.41, 5.74) is 4.19. The van der Waals surface area contributed by atoms with Crippen LogP contribution in [-0.4, -0.2) is 6.04 Å². The van der Waals surface area contributed by atoms with E-state index in [9.17, 15) is 0 Å². The Hall–Kier alpha value is -1.47. The molecule has 2 aromatic carbocycles. The van der Waals surface area contributed by atoms with Gasteiger partial charge in [0.1, 0.15) is 0 Å². The van der Waals surface area contributed by atoms with Gasteiger partial charge >= 0.3 is 0 Å². The monoisotopic (exact) mass is 297 g/mol. The first-order valence-corrected chi connectivity index (χ1v) is 8.27. The maximum Gasteiger partial charge on any atom is 0.0637 e. The summed E-state index contributed by atoms with van der Waals surface area (Å²) in [4.78, 5) is 0. The number of nitrogens with one attached hydrogen (secondary N) is 1. The Morgan fingerprint density at radius 1 is 0.810 bits per heavy atom. The minimum absolute atomic E-state index is 0.553.